The molecule has 0 fully saturated rings. The largest absolute Gasteiger partial charge is 0.497 e. The Kier molecular flexibility index (Phi) is 2.48. The van der Waals surface area contributed by atoms with Gasteiger partial charge in [0.2, 0.25) is 0 Å². The van der Waals surface area contributed by atoms with Crippen LogP contribution in [0.3, 0.4) is 0 Å². The number of carbonyl (C=O) groups is 1. The van der Waals surface area contributed by atoms with Gasteiger partial charge in [-0.2, -0.15) is 0 Å². The Morgan fingerprint density at radius 2 is 1.81 bits per heavy atom. The molecule has 0 atom stereocenters. The van der Waals surface area contributed by atoms with Gasteiger partial charge in [-0.3, -0.25) is 4.79 Å². The molecule has 2 aromatic carbocycles. The summed E-state index contributed by atoms with van der Waals surface area (Å²) in [6, 6.07) is 13.3. The Morgan fingerprint density at radius 1 is 1.00 bits per heavy atom. The summed E-state index contributed by atoms with van der Waals surface area (Å²) in [6.45, 7) is 0. The van der Waals surface area contributed by atoms with E-state index in [4.69, 9.17) is 9.15 Å². The van der Waals surface area contributed by atoms with Gasteiger partial charge in [0.15, 0.2) is 5.78 Å². The van der Waals surface area contributed by atoms with Crippen LogP contribution in [-0.4, -0.2) is 12.9 Å². The number of allylic oxidation sites excluding steroid dienone is 1. The van der Waals surface area contributed by atoms with Crippen LogP contribution in [0.5, 0.6) is 5.75 Å². The summed E-state index contributed by atoms with van der Waals surface area (Å²) in [4.78, 5) is 12.0. The summed E-state index contributed by atoms with van der Waals surface area (Å²) in [7, 11) is 1.64. The van der Waals surface area contributed by atoms with Gasteiger partial charge in [0.05, 0.1) is 7.11 Å². The molecular weight excluding hydrogens is 264 g/mol. The molecule has 1 aromatic heterocycles. The summed E-state index contributed by atoms with van der Waals surface area (Å²) >= 11 is 0. The Labute approximate surface area is 121 Å². The molecule has 0 saturated carbocycles. The molecule has 0 N–H and O–H groups in total. The van der Waals surface area contributed by atoms with E-state index < -0.39 is 0 Å². The first-order valence-electron chi connectivity index (χ1n) is 6.70. The average molecular weight is 276 g/mol. The van der Waals surface area contributed by atoms with Gasteiger partial charge in [0.25, 0.3) is 0 Å². The van der Waals surface area contributed by atoms with Crippen LogP contribution in [0.1, 0.15) is 15.9 Å². The molecule has 3 heteroatoms. The topological polar surface area (TPSA) is 39.4 Å². The third-order valence-corrected chi connectivity index (χ3v) is 3.77. The van der Waals surface area contributed by atoms with E-state index in [1.165, 1.54) is 0 Å². The number of furan rings is 1. The first-order chi connectivity index (χ1) is 10.3. The minimum Gasteiger partial charge on any atom is -0.497 e. The molecule has 1 aliphatic rings. The fraction of sp³-hybridized carbons (Fsp3) is 0.0556. The van der Waals surface area contributed by atoms with E-state index >= 15 is 0 Å². The van der Waals surface area contributed by atoms with Gasteiger partial charge >= 0.3 is 0 Å². The maximum Gasteiger partial charge on any atom is 0.186 e. The number of carbonyl (C=O) groups excluding carboxylic acids is 1. The number of ketones is 1. The molecule has 4 rings (SSSR count). The Hall–Kier alpha value is -2.81. The van der Waals surface area contributed by atoms with Crippen molar-refractivity contribution in [2.24, 2.45) is 0 Å². The Morgan fingerprint density at radius 3 is 2.57 bits per heavy atom. The lowest BCUT2D eigenvalue weighted by Gasteiger charge is -2.06. The molecular formula is C18H12O3. The highest BCUT2D eigenvalue weighted by Crippen LogP contribution is 2.39. The normalized spacial score (nSPS) is 12.9. The molecule has 102 valence electrons. The van der Waals surface area contributed by atoms with E-state index in [1.54, 1.807) is 13.2 Å². The zero-order valence-electron chi connectivity index (χ0n) is 11.4. The SMILES string of the molecule is COc1ccc(-c2oc3cccc4c3c2C=CC4=O)cc1. The average Bonchev–Trinajstić information content (AvgIpc) is 2.91. The summed E-state index contributed by atoms with van der Waals surface area (Å²) in [5, 5.41) is 0.899. The van der Waals surface area contributed by atoms with E-state index in [9.17, 15) is 4.79 Å². The van der Waals surface area contributed by atoms with Crippen molar-refractivity contribution in [1.29, 1.82) is 0 Å². The minimum atomic E-state index is 0.0233. The number of methoxy groups -OCH3 is 1. The van der Waals surface area contributed by atoms with Crippen molar-refractivity contribution in [3.05, 3.63) is 59.7 Å². The predicted octanol–water partition coefficient (Wildman–Crippen LogP) is 4.32. The fourth-order valence-electron chi connectivity index (χ4n) is 2.74. The van der Waals surface area contributed by atoms with E-state index in [0.717, 1.165) is 33.6 Å². The third-order valence-electron chi connectivity index (χ3n) is 3.77. The van der Waals surface area contributed by atoms with Crippen molar-refractivity contribution < 1.29 is 13.9 Å². The Balaban J connectivity index is 1.98. The third kappa shape index (κ3) is 1.71. The number of benzene rings is 2. The first-order valence-corrected chi connectivity index (χ1v) is 6.70. The monoisotopic (exact) mass is 276 g/mol. The standard InChI is InChI=1S/C18H12O3/c1-20-12-7-5-11(6-8-12)18-14-9-10-15(19)13-3-2-4-16(21-18)17(13)14/h2-10H,1H3. The van der Waals surface area contributed by atoms with Crippen LogP contribution >= 0.6 is 0 Å². The first kappa shape index (κ1) is 12.0. The van der Waals surface area contributed by atoms with E-state index in [0.29, 0.717) is 5.56 Å². The number of rotatable bonds is 2. The zero-order valence-corrected chi connectivity index (χ0v) is 11.4. The molecule has 3 aromatic rings. The van der Waals surface area contributed by atoms with Crippen LogP contribution in [0, 0.1) is 0 Å². The smallest absolute Gasteiger partial charge is 0.186 e. The van der Waals surface area contributed by atoms with Gasteiger partial charge in [-0.05, 0) is 42.5 Å². The van der Waals surface area contributed by atoms with Gasteiger partial charge in [-0.25, -0.2) is 0 Å². The molecule has 3 nitrogen and oxygen atoms in total. The quantitative estimate of drug-likeness (QED) is 0.699. The summed E-state index contributed by atoms with van der Waals surface area (Å²) < 4.78 is 11.2. The van der Waals surface area contributed by atoms with Crippen LogP contribution in [-0.2, 0) is 0 Å². The second-order valence-electron chi connectivity index (χ2n) is 4.95. The maximum absolute atomic E-state index is 12.0. The van der Waals surface area contributed by atoms with Crippen LogP contribution in [0.15, 0.2) is 53.0 Å². The van der Waals surface area contributed by atoms with Crippen molar-refractivity contribution in [2.75, 3.05) is 7.11 Å². The molecule has 0 saturated heterocycles. The van der Waals surface area contributed by atoms with E-state index in [1.807, 2.05) is 48.5 Å². The van der Waals surface area contributed by atoms with Crippen LogP contribution in [0.25, 0.3) is 28.4 Å². The lowest BCUT2D eigenvalue weighted by molar-refractivity contribution is 0.104. The second kappa shape index (κ2) is 4.35. The predicted molar refractivity (Wildman–Crippen MR) is 81.6 cm³/mol. The second-order valence-corrected chi connectivity index (χ2v) is 4.95. The molecule has 1 heterocycles. The summed E-state index contributed by atoms with van der Waals surface area (Å²) in [6.07, 6.45) is 3.43. The van der Waals surface area contributed by atoms with Crippen molar-refractivity contribution in [3.8, 4) is 17.1 Å². The minimum absolute atomic E-state index is 0.0233. The molecule has 0 aliphatic heterocycles. The molecule has 0 spiro atoms. The van der Waals surface area contributed by atoms with Crippen LogP contribution in [0.2, 0.25) is 0 Å². The molecule has 0 unspecified atom stereocenters. The number of hydrogen-bond acceptors (Lipinski definition) is 3. The molecule has 0 amide bonds. The summed E-state index contributed by atoms with van der Waals surface area (Å²) in [5.41, 5.74) is 3.37. The van der Waals surface area contributed by atoms with Crippen molar-refractivity contribution in [1.82, 2.24) is 0 Å². The zero-order chi connectivity index (χ0) is 14.4. The van der Waals surface area contributed by atoms with Crippen molar-refractivity contribution in [2.45, 2.75) is 0 Å². The van der Waals surface area contributed by atoms with Gasteiger partial charge in [-0.1, -0.05) is 12.1 Å². The number of ether oxygens (including phenoxy) is 1. The van der Waals surface area contributed by atoms with Gasteiger partial charge in [0, 0.05) is 22.1 Å². The maximum atomic E-state index is 12.0. The van der Waals surface area contributed by atoms with Crippen LogP contribution in [0.4, 0.5) is 0 Å². The van der Waals surface area contributed by atoms with Gasteiger partial charge in [-0.15, -0.1) is 0 Å². The highest BCUT2D eigenvalue weighted by atomic mass is 16.5. The fourth-order valence-corrected chi connectivity index (χ4v) is 2.74. The molecule has 21 heavy (non-hydrogen) atoms. The van der Waals surface area contributed by atoms with E-state index in [2.05, 4.69) is 0 Å². The highest BCUT2D eigenvalue weighted by Gasteiger charge is 2.22. The van der Waals surface area contributed by atoms with Gasteiger partial charge < -0.3 is 9.15 Å². The number of hydrogen-bond donors (Lipinski definition) is 0. The van der Waals surface area contributed by atoms with Crippen molar-refractivity contribution >= 4 is 22.8 Å². The van der Waals surface area contributed by atoms with E-state index in [-0.39, 0.29) is 5.78 Å². The van der Waals surface area contributed by atoms with Crippen LogP contribution < -0.4 is 4.74 Å². The molecule has 0 bridgehead atoms. The molecule has 1 aliphatic carbocycles. The molecule has 0 radical (unpaired) electrons. The van der Waals surface area contributed by atoms with Crippen molar-refractivity contribution in [3.63, 3.8) is 0 Å². The lowest BCUT2D eigenvalue weighted by Crippen LogP contribution is -1.99. The summed E-state index contributed by atoms with van der Waals surface area (Å²) in [5.74, 6) is 1.61. The van der Waals surface area contributed by atoms with Gasteiger partial charge in [0.1, 0.15) is 17.1 Å². The lowest BCUT2D eigenvalue weighted by atomic mass is 9.95. The highest BCUT2D eigenvalue weighted by molar-refractivity contribution is 6.20. The Bertz CT molecular complexity index is 883.